The fourth-order valence-electron chi connectivity index (χ4n) is 1.77. The second-order valence-electron chi connectivity index (χ2n) is 3.88. The SMILES string of the molecule is COc1cc(C(O)Cc2nccs2)cc(Cl)c1OC. The van der Waals surface area contributed by atoms with E-state index in [1.807, 2.05) is 5.38 Å². The first-order chi connectivity index (χ1) is 9.15. The molecule has 2 aromatic rings. The molecule has 1 aromatic heterocycles. The summed E-state index contributed by atoms with van der Waals surface area (Å²) in [6.45, 7) is 0. The molecule has 4 nitrogen and oxygen atoms in total. The van der Waals surface area contributed by atoms with E-state index in [2.05, 4.69) is 4.98 Å². The van der Waals surface area contributed by atoms with Gasteiger partial charge in [0, 0.05) is 18.0 Å². The van der Waals surface area contributed by atoms with Crippen molar-refractivity contribution < 1.29 is 14.6 Å². The third kappa shape index (κ3) is 3.18. The van der Waals surface area contributed by atoms with Crippen molar-refractivity contribution in [2.75, 3.05) is 14.2 Å². The molecule has 1 aromatic carbocycles. The van der Waals surface area contributed by atoms with Crippen LogP contribution in [-0.4, -0.2) is 24.3 Å². The van der Waals surface area contributed by atoms with E-state index in [1.54, 1.807) is 18.3 Å². The maximum atomic E-state index is 10.2. The van der Waals surface area contributed by atoms with Crippen LogP contribution in [0.3, 0.4) is 0 Å². The minimum Gasteiger partial charge on any atom is -0.493 e. The minimum atomic E-state index is -0.677. The molecule has 1 N–H and O–H groups in total. The van der Waals surface area contributed by atoms with Crippen molar-refractivity contribution in [3.8, 4) is 11.5 Å². The van der Waals surface area contributed by atoms with Gasteiger partial charge in [-0.05, 0) is 17.7 Å². The summed E-state index contributed by atoms with van der Waals surface area (Å²) in [5.74, 6) is 0.970. The second-order valence-corrected chi connectivity index (χ2v) is 5.27. The zero-order chi connectivity index (χ0) is 13.8. The first-order valence-corrected chi connectivity index (χ1v) is 6.89. The number of rotatable bonds is 5. The Morgan fingerprint density at radius 1 is 1.37 bits per heavy atom. The summed E-state index contributed by atoms with van der Waals surface area (Å²) in [6.07, 6.45) is 1.49. The quantitative estimate of drug-likeness (QED) is 0.922. The van der Waals surface area contributed by atoms with Crippen LogP contribution in [0.15, 0.2) is 23.7 Å². The molecule has 2 rings (SSSR count). The maximum Gasteiger partial charge on any atom is 0.179 e. The number of methoxy groups -OCH3 is 2. The normalized spacial score (nSPS) is 12.2. The number of thiazole rings is 1. The van der Waals surface area contributed by atoms with Crippen LogP contribution in [0.4, 0.5) is 0 Å². The molecule has 6 heteroatoms. The summed E-state index contributed by atoms with van der Waals surface area (Å²) in [4.78, 5) is 4.15. The van der Waals surface area contributed by atoms with Crippen LogP contribution < -0.4 is 9.47 Å². The molecule has 1 heterocycles. The number of aromatic nitrogens is 1. The van der Waals surface area contributed by atoms with Gasteiger partial charge in [0.05, 0.1) is 30.4 Å². The van der Waals surface area contributed by atoms with E-state index in [0.29, 0.717) is 28.5 Å². The van der Waals surface area contributed by atoms with E-state index in [1.165, 1.54) is 25.6 Å². The highest BCUT2D eigenvalue weighted by atomic mass is 35.5. The Balaban J connectivity index is 2.27. The van der Waals surface area contributed by atoms with E-state index in [9.17, 15) is 5.11 Å². The zero-order valence-corrected chi connectivity index (χ0v) is 12.2. The average Bonchev–Trinajstić information content (AvgIpc) is 2.90. The predicted molar refractivity (Wildman–Crippen MR) is 75.3 cm³/mol. The summed E-state index contributed by atoms with van der Waals surface area (Å²) in [7, 11) is 3.06. The van der Waals surface area contributed by atoms with Crippen molar-refractivity contribution in [2.24, 2.45) is 0 Å². The van der Waals surface area contributed by atoms with Crippen LogP contribution >= 0.6 is 22.9 Å². The van der Waals surface area contributed by atoms with Gasteiger partial charge in [-0.25, -0.2) is 4.98 Å². The lowest BCUT2D eigenvalue weighted by atomic mass is 10.1. The number of nitrogens with zero attached hydrogens (tertiary/aromatic N) is 1. The average molecular weight is 300 g/mol. The lowest BCUT2D eigenvalue weighted by Gasteiger charge is -2.14. The molecule has 102 valence electrons. The van der Waals surface area contributed by atoms with Gasteiger partial charge in [0.2, 0.25) is 0 Å². The van der Waals surface area contributed by atoms with E-state index in [-0.39, 0.29) is 0 Å². The van der Waals surface area contributed by atoms with Crippen LogP contribution in [-0.2, 0) is 6.42 Å². The molecule has 0 saturated heterocycles. The summed E-state index contributed by atoms with van der Waals surface area (Å²) in [6, 6.07) is 3.41. The van der Waals surface area contributed by atoms with E-state index in [0.717, 1.165) is 5.01 Å². The molecule has 0 aliphatic heterocycles. The molecule has 0 bridgehead atoms. The predicted octanol–water partition coefficient (Wildman–Crippen LogP) is 3.09. The van der Waals surface area contributed by atoms with Gasteiger partial charge in [-0.2, -0.15) is 0 Å². The molecule has 0 amide bonds. The van der Waals surface area contributed by atoms with Crippen LogP contribution in [0.2, 0.25) is 5.02 Å². The Bertz CT molecular complexity index is 545. The second kappa shape index (κ2) is 6.23. The van der Waals surface area contributed by atoms with E-state index >= 15 is 0 Å². The van der Waals surface area contributed by atoms with Gasteiger partial charge < -0.3 is 14.6 Å². The topological polar surface area (TPSA) is 51.6 Å². The van der Waals surface area contributed by atoms with Gasteiger partial charge in [-0.3, -0.25) is 0 Å². The fraction of sp³-hybridized carbons (Fsp3) is 0.308. The van der Waals surface area contributed by atoms with E-state index in [4.69, 9.17) is 21.1 Å². The zero-order valence-electron chi connectivity index (χ0n) is 10.6. The van der Waals surface area contributed by atoms with Crippen LogP contribution in [0, 0.1) is 0 Å². The van der Waals surface area contributed by atoms with Gasteiger partial charge in [0.25, 0.3) is 0 Å². The van der Waals surface area contributed by atoms with E-state index < -0.39 is 6.10 Å². The molecule has 0 aliphatic rings. The standard InChI is InChI=1S/C13H14ClNO3S/c1-17-11-6-8(5-9(14)13(11)18-2)10(16)7-12-15-3-4-19-12/h3-6,10,16H,7H2,1-2H3. The minimum absolute atomic E-state index is 0.412. The lowest BCUT2D eigenvalue weighted by molar-refractivity contribution is 0.177. The largest absolute Gasteiger partial charge is 0.493 e. The highest BCUT2D eigenvalue weighted by Crippen LogP contribution is 2.38. The number of benzene rings is 1. The van der Waals surface area contributed by atoms with Crippen LogP contribution in [0.1, 0.15) is 16.7 Å². The number of hydrogen-bond donors (Lipinski definition) is 1. The number of halogens is 1. The molecule has 0 fully saturated rings. The molecule has 19 heavy (non-hydrogen) atoms. The third-order valence-electron chi connectivity index (χ3n) is 2.69. The maximum absolute atomic E-state index is 10.2. The highest BCUT2D eigenvalue weighted by molar-refractivity contribution is 7.09. The molecular formula is C13H14ClNO3S. The molecule has 1 unspecified atom stereocenters. The summed E-state index contributed by atoms with van der Waals surface area (Å²) in [5.41, 5.74) is 0.679. The summed E-state index contributed by atoms with van der Waals surface area (Å²) < 4.78 is 10.4. The molecule has 0 radical (unpaired) electrons. The molecule has 0 spiro atoms. The van der Waals surface area contributed by atoms with Crippen molar-refractivity contribution >= 4 is 22.9 Å². The Labute approximate surface area is 120 Å². The van der Waals surface area contributed by atoms with Crippen molar-refractivity contribution in [1.82, 2.24) is 4.98 Å². The van der Waals surface area contributed by atoms with Gasteiger partial charge in [-0.15, -0.1) is 11.3 Å². The smallest absolute Gasteiger partial charge is 0.179 e. The van der Waals surface area contributed by atoms with Gasteiger partial charge in [0.15, 0.2) is 11.5 Å². The van der Waals surface area contributed by atoms with Crippen molar-refractivity contribution in [1.29, 1.82) is 0 Å². The first-order valence-electron chi connectivity index (χ1n) is 5.63. The Morgan fingerprint density at radius 2 is 2.16 bits per heavy atom. The first kappa shape index (κ1) is 14.1. The number of aliphatic hydroxyl groups excluding tert-OH is 1. The van der Waals surface area contributed by atoms with Crippen molar-refractivity contribution in [3.05, 3.63) is 39.3 Å². The number of ether oxygens (including phenoxy) is 2. The van der Waals surface area contributed by atoms with Crippen molar-refractivity contribution in [3.63, 3.8) is 0 Å². The van der Waals surface area contributed by atoms with Gasteiger partial charge >= 0.3 is 0 Å². The summed E-state index contributed by atoms with van der Waals surface area (Å²) >= 11 is 7.62. The monoisotopic (exact) mass is 299 g/mol. The highest BCUT2D eigenvalue weighted by Gasteiger charge is 2.16. The van der Waals surface area contributed by atoms with Crippen LogP contribution in [0.25, 0.3) is 0 Å². The third-order valence-corrected chi connectivity index (χ3v) is 3.77. The molecule has 1 atom stereocenters. The number of aliphatic hydroxyl groups is 1. The van der Waals surface area contributed by atoms with Crippen molar-refractivity contribution in [2.45, 2.75) is 12.5 Å². The Hall–Kier alpha value is -1.30. The molecule has 0 aliphatic carbocycles. The van der Waals surface area contributed by atoms with Gasteiger partial charge in [0.1, 0.15) is 0 Å². The summed E-state index contributed by atoms with van der Waals surface area (Å²) in [5, 5.41) is 13.4. The lowest BCUT2D eigenvalue weighted by Crippen LogP contribution is -2.03. The molecular weight excluding hydrogens is 286 g/mol. The Kier molecular flexibility index (Phi) is 4.63. The Morgan fingerprint density at radius 3 is 2.74 bits per heavy atom. The molecule has 0 saturated carbocycles. The van der Waals surface area contributed by atoms with Crippen LogP contribution in [0.5, 0.6) is 11.5 Å². The van der Waals surface area contributed by atoms with Gasteiger partial charge in [-0.1, -0.05) is 11.6 Å². The fourth-order valence-corrected chi connectivity index (χ4v) is 2.72. The number of hydrogen-bond acceptors (Lipinski definition) is 5.